The number of carboxylic acid groups (broad SMARTS) is 1. The Labute approximate surface area is 114 Å². The van der Waals surface area contributed by atoms with Crippen LogP contribution < -0.4 is 5.69 Å². The number of H-pyrrole nitrogens is 1. The van der Waals surface area contributed by atoms with Gasteiger partial charge in [0.15, 0.2) is 0 Å². The van der Waals surface area contributed by atoms with Crippen molar-refractivity contribution in [3.05, 3.63) is 34.2 Å². The standard InChI is InChI=1S/C13H16N2O3S/c1-19-8-3-2-7-15-10-6-4-5-9(12(16)17)11(10)14-13(15)18/h4-6H,2-3,7-8H2,1H3,(H,14,18)(H,16,17). The molecular weight excluding hydrogens is 264 g/mol. The van der Waals surface area contributed by atoms with Gasteiger partial charge in [0.05, 0.1) is 16.6 Å². The van der Waals surface area contributed by atoms with Gasteiger partial charge in [-0.25, -0.2) is 9.59 Å². The first-order valence-electron chi connectivity index (χ1n) is 6.09. The molecule has 102 valence electrons. The molecule has 0 unspecified atom stereocenters. The SMILES string of the molecule is CSCCCCn1c(=O)[nH]c2c(C(=O)O)cccc21. The fourth-order valence-corrected chi connectivity index (χ4v) is 2.59. The predicted molar refractivity (Wildman–Crippen MR) is 77.1 cm³/mol. The van der Waals surface area contributed by atoms with Crippen LogP contribution in [0.3, 0.4) is 0 Å². The van der Waals surface area contributed by atoms with E-state index in [1.807, 2.05) is 0 Å². The third kappa shape index (κ3) is 2.84. The van der Waals surface area contributed by atoms with E-state index in [9.17, 15) is 9.59 Å². The number of hydrogen-bond acceptors (Lipinski definition) is 3. The van der Waals surface area contributed by atoms with Crippen LogP contribution >= 0.6 is 11.8 Å². The summed E-state index contributed by atoms with van der Waals surface area (Å²) in [6.45, 7) is 0.614. The number of nitrogens with zero attached hydrogens (tertiary/aromatic N) is 1. The second-order valence-corrected chi connectivity index (χ2v) is 5.27. The Hall–Kier alpha value is -1.69. The topological polar surface area (TPSA) is 75.1 Å². The second kappa shape index (κ2) is 5.97. The first-order chi connectivity index (χ1) is 9.15. The molecule has 0 saturated heterocycles. The van der Waals surface area contributed by atoms with Gasteiger partial charge >= 0.3 is 11.7 Å². The zero-order valence-electron chi connectivity index (χ0n) is 10.7. The number of thioether (sulfide) groups is 1. The summed E-state index contributed by atoms with van der Waals surface area (Å²) < 4.78 is 1.61. The first-order valence-corrected chi connectivity index (χ1v) is 7.48. The Morgan fingerprint density at radius 1 is 1.42 bits per heavy atom. The minimum atomic E-state index is -1.03. The zero-order chi connectivity index (χ0) is 13.8. The Bertz CT molecular complexity index is 645. The zero-order valence-corrected chi connectivity index (χ0v) is 11.5. The third-order valence-corrected chi connectivity index (χ3v) is 3.72. The molecule has 2 rings (SSSR count). The van der Waals surface area contributed by atoms with Crippen LogP contribution in [0, 0.1) is 0 Å². The second-order valence-electron chi connectivity index (χ2n) is 4.29. The van der Waals surface area contributed by atoms with E-state index in [4.69, 9.17) is 5.11 Å². The fourth-order valence-electron chi connectivity index (χ4n) is 2.10. The number of unbranched alkanes of at least 4 members (excludes halogenated alkanes) is 1. The van der Waals surface area contributed by atoms with Crippen molar-refractivity contribution in [3.8, 4) is 0 Å². The Morgan fingerprint density at radius 3 is 2.89 bits per heavy atom. The summed E-state index contributed by atoms with van der Waals surface area (Å²) in [5.74, 6) is 0.0404. The number of imidazole rings is 1. The lowest BCUT2D eigenvalue weighted by molar-refractivity contribution is 0.0699. The summed E-state index contributed by atoms with van der Waals surface area (Å²) in [6.07, 6.45) is 4.00. The number of carbonyl (C=O) groups is 1. The van der Waals surface area contributed by atoms with Gasteiger partial charge in [-0.05, 0) is 37.0 Å². The average molecular weight is 280 g/mol. The largest absolute Gasteiger partial charge is 0.478 e. The van der Waals surface area contributed by atoms with Gasteiger partial charge in [-0.1, -0.05) is 6.07 Å². The highest BCUT2D eigenvalue weighted by Crippen LogP contribution is 2.16. The normalized spacial score (nSPS) is 11.0. The van der Waals surface area contributed by atoms with E-state index in [2.05, 4.69) is 11.2 Å². The number of para-hydroxylation sites is 1. The smallest absolute Gasteiger partial charge is 0.337 e. The molecule has 0 saturated carbocycles. The minimum absolute atomic E-state index is 0.137. The van der Waals surface area contributed by atoms with Gasteiger partial charge in [-0.3, -0.25) is 4.57 Å². The molecule has 2 aromatic rings. The van der Waals surface area contributed by atoms with Crippen molar-refractivity contribution in [2.75, 3.05) is 12.0 Å². The number of aryl methyl sites for hydroxylation is 1. The van der Waals surface area contributed by atoms with Crippen LogP contribution in [0.5, 0.6) is 0 Å². The van der Waals surface area contributed by atoms with Crippen LogP contribution in [0.25, 0.3) is 11.0 Å². The van der Waals surface area contributed by atoms with Crippen molar-refractivity contribution in [1.29, 1.82) is 0 Å². The van der Waals surface area contributed by atoms with Crippen molar-refractivity contribution < 1.29 is 9.90 Å². The Kier molecular flexibility index (Phi) is 4.31. The number of hydrogen-bond donors (Lipinski definition) is 2. The van der Waals surface area contributed by atoms with Crippen LogP contribution in [0.15, 0.2) is 23.0 Å². The summed E-state index contributed by atoms with van der Waals surface area (Å²) in [5.41, 5.74) is 0.962. The lowest BCUT2D eigenvalue weighted by Crippen LogP contribution is -2.16. The lowest BCUT2D eigenvalue weighted by Gasteiger charge is -2.03. The maximum absolute atomic E-state index is 11.9. The molecule has 1 heterocycles. The molecule has 5 nitrogen and oxygen atoms in total. The van der Waals surface area contributed by atoms with Gasteiger partial charge in [-0.2, -0.15) is 11.8 Å². The van der Waals surface area contributed by atoms with E-state index in [0.29, 0.717) is 17.6 Å². The van der Waals surface area contributed by atoms with Gasteiger partial charge in [0.25, 0.3) is 0 Å². The number of rotatable bonds is 6. The van der Waals surface area contributed by atoms with E-state index in [1.54, 1.807) is 28.5 Å². The van der Waals surface area contributed by atoms with Crippen LogP contribution in [0.2, 0.25) is 0 Å². The summed E-state index contributed by atoms with van der Waals surface area (Å²) in [6, 6.07) is 4.93. The lowest BCUT2D eigenvalue weighted by atomic mass is 10.2. The molecule has 1 aromatic carbocycles. The van der Waals surface area contributed by atoms with E-state index in [-0.39, 0.29) is 11.3 Å². The van der Waals surface area contributed by atoms with Crippen molar-refractivity contribution >= 4 is 28.8 Å². The van der Waals surface area contributed by atoms with Crippen LogP contribution in [-0.2, 0) is 6.54 Å². The third-order valence-electron chi connectivity index (χ3n) is 3.02. The molecule has 0 atom stereocenters. The molecule has 0 aliphatic heterocycles. The first kappa shape index (κ1) is 13.7. The number of aromatic amines is 1. The Balaban J connectivity index is 2.34. The van der Waals surface area contributed by atoms with E-state index in [0.717, 1.165) is 18.6 Å². The van der Waals surface area contributed by atoms with Crippen LogP contribution in [0.4, 0.5) is 0 Å². The molecule has 0 aliphatic carbocycles. The summed E-state index contributed by atoms with van der Waals surface area (Å²) >= 11 is 1.78. The molecule has 1 aromatic heterocycles. The molecule has 0 bridgehead atoms. The van der Waals surface area contributed by atoms with Gasteiger partial charge in [0.2, 0.25) is 0 Å². The number of carboxylic acids is 1. The predicted octanol–water partition coefficient (Wildman–Crippen LogP) is 2.17. The molecule has 0 aliphatic rings. The van der Waals surface area contributed by atoms with Crippen molar-refractivity contribution in [3.63, 3.8) is 0 Å². The van der Waals surface area contributed by atoms with Gasteiger partial charge in [0, 0.05) is 6.54 Å². The number of aromatic nitrogens is 2. The van der Waals surface area contributed by atoms with Crippen LogP contribution in [0.1, 0.15) is 23.2 Å². The van der Waals surface area contributed by atoms with Gasteiger partial charge < -0.3 is 10.1 Å². The highest BCUT2D eigenvalue weighted by molar-refractivity contribution is 7.98. The molecular formula is C13H16N2O3S. The number of aromatic carboxylic acids is 1. The fraction of sp³-hybridized carbons (Fsp3) is 0.385. The average Bonchev–Trinajstić information content (AvgIpc) is 2.70. The molecule has 6 heteroatoms. The summed E-state index contributed by atoms with van der Waals surface area (Å²) in [5, 5.41) is 9.09. The van der Waals surface area contributed by atoms with Crippen molar-refractivity contribution in [2.45, 2.75) is 19.4 Å². The highest BCUT2D eigenvalue weighted by Gasteiger charge is 2.13. The summed E-state index contributed by atoms with van der Waals surface area (Å²) in [4.78, 5) is 25.6. The molecule has 0 amide bonds. The van der Waals surface area contributed by atoms with Crippen LogP contribution in [-0.4, -0.2) is 32.6 Å². The quantitative estimate of drug-likeness (QED) is 0.795. The van der Waals surface area contributed by atoms with Gasteiger partial charge in [-0.15, -0.1) is 0 Å². The number of fused-ring (bicyclic) bond motifs is 1. The van der Waals surface area contributed by atoms with Crippen molar-refractivity contribution in [2.24, 2.45) is 0 Å². The molecule has 19 heavy (non-hydrogen) atoms. The maximum Gasteiger partial charge on any atom is 0.337 e. The molecule has 2 N–H and O–H groups in total. The Morgan fingerprint density at radius 2 is 2.21 bits per heavy atom. The maximum atomic E-state index is 11.9. The number of nitrogens with one attached hydrogen (secondary N) is 1. The highest BCUT2D eigenvalue weighted by atomic mass is 32.2. The van der Waals surface area contributed by atoms with E-state index >= 15 is 0 Å². The molecule has 0 radical (unpaired) electrons. The van der Waals surface area contributed by atoms with Crippen molar-refractivity contribution in [1.82, 2.24) is 9.55 Å². The molecule has 0 spiro atoms. The van der Waals surface area contributed by atoms with E-state index < -0.39 is 5.97 Å². The van der Waals surface area contributed by atoms with Gasteiger partial charge in [0.1, 0.15) is 0 Å². The molecule has 0 fully saturated rings. The monoisotopic (exact) mass is 280 g/mol. The summed E-state index contributed by atoms with van der Waals surface area (Å²) in [7, 11) is 0. The minimum Gasteiger partial charge on any atom is -0.478 e. The number of benzene rings is 1. The van der Waals surface area contributed by atoms with E-state index in [1.165, 1.54) is 6.07 Å².